The van der Waals surface area contributed by atoms with Gasteiger partial charge in [-0.3, -0.25) is 4.90 Å². The average molecular weight is 294 g/mol. The van der Waals surface area contributed by atoms with Gasteiger partial charge in [-0.15, -0.1) is 0 Å². The SMILES string of the molecule is CNC1(CO)CCCC(N2CCCC(C(F)(F)F)C2)C1. The highest BCUT2D eigenvalue weighted by atomic mass is 19.4. The molecule has 0 spiro atoms. The number of piperidine rings is 1. The lowest BCUT2D eigenvalue weighted by Gasteiger charge is -2.46. The van der Waals surface area contributed by atoms with Gasteiger partial charge >= 0.3 is 6.18 Å². The molecule has 2 rings (SSSR count). The number of hydrogen-bond acceptors (Lipinski definition) is 3. The molecule has 2 N–H and O–H groups in total. The van der Waals surface area contributed by atoms with Gasteiger partial charge in [-0.1, -0.05) is 0 Å². The molecule has 118 valence electrons. The lowest BCUT2D eigenvalue weighted by Crippen LogP contribution is -2.56. The number of halogens is 3. The van der Waals surface area contributed by atoms with Crippen LogP contribution in [0, 0.1) is 5.92 Å². The van der Waals surface area contributed by atoms with E-state index in [2.05, 4.69) is 5.32 Å². The summed E-state index contributed by atoms with van der Waals surface area (Å²) in [5, 5.41) is 12.8. The van der Waals surface area contributed by atoms with Crippen LogP contribution in [0.25, 0.3) is 0 Å². The Morgan fingerprint density at radius 3 is 2.65 bits per heavy atom. The van der Waals surface area contributed by atoms with E-state index in [1.165, 1.54) is 0 Å². The van der Waals surface area contributed by atoms with Crippen LogP contribution in [0.3, 0.4) is 0 Å². The summed E-state index contributed by atoms with van der Waals surface area (Å²) in [7, 11) is 1.83. The maximum atomic E-state index is 12.9. The van der Waals surface area contributed by atoms with Gasteiger partial charge in [-0.25, -0.2) is 0 Å². The third kappa shape index (κ3) is 3.46. The standard InChI is InChI=1S/C14H25F3N2O/c1-18-13(10-20)6-2-5-12(8-13)19-7-3-4-11(9-19)14(15,16)17/h11-12,18,20H,2-10H2,1H3. The van der Waals surface area contributed by atoms with Crippen LogP contribution in [0.15, 0.2) is 0 Å². The maximum Gasteiger partial charge on any atom is 0.393 e. The first-order valence-electron chi connectivity index (χ1n) is 7.51. The molecule has 1 aliphatic carbocycles. The Kier molecular flexibility index (Phi) is 4.97. The summed E-state index contributed by atoms with van der Waals surface area (Å²) in [6.45, 7) is 0.929. The molecular formula is C14H25F3N2O. The van der Waals surface area contributed by atoms with Crippen molar-refractivity contribution in [1.29, 1.82) is 0 Å². The van der Waals surface area contributed by atoms with Crippen LogP contribution in [-0.4, -0.2) is 54.5 Å². The second-order valence-corrected chi connectivity index (χ2v) is 6.31. The van der Waals surface area contributed by atoms with E-state index in [4.69, 9.17) is 0 Å². The van der Waals surface area contributed by atoms with Crippen molar-refractivity contribution in [1.82, 2.24) is 10.2 Å². The molecule has 1 aliphatic heterocycles. The fraction of sp³-hybridized carbons (Fsp3) is 1.00. The molecule has 0 bridgehead atoms. The molecule has 3 nitrogen and oxygen atoms in total. The van der Waals surface area contributed by atoms with Crippen LogP contribution in [0.1, 0.15) is 38.5 Å². The number of likely N-dealkylation sites (N-methyl/N-ethyl adjacent to an activating group) is 1. The Labute approximate surface area is 118 Å². The summed E-state index contributed by atoms with van der Waals surface area (Å²) in [5.74, 6) is -1.18. The van der Waals surface area contributed by atoms with Crippen LogP contribution in [0.4, 0.5) is 13.2 Å². The largest absolute Gasteiger partial charge is 0.394 e. The molecule has 2 aliphatic rings. The summed E-state index contributed by atoms with van der Waals surface area (Å²) in [6, 6.07) is 0.161. The molecule has 1 heterocycles. The van der Waals surface area contributed by atoms with Gasteiger partial charge in [0.15, 0.2) is 0 Å². The van der Waals surface area contributed by atoms with Crippen molar-refractivity contribution in [2.75, 3.05) is 26.7 Å². The summed E-state index contributed by atoms with van der Waals surface area (Å²) < 4.78 is 38.7. The molecule has 2 fully saturated rings. The minimum atomic E-state index is -4.08. The Balaban J connectivity index is 2.00. The van der Waals surface area contributed by atoms with Gasteiger partial charge in [-0.2, -0.15) is 13.2 Å². The van der Waals surface area contributed by atoms with E-state index >= 15 is 0 Å². The zero-order valence-corrected chi connectivity index (χ0v) is 12.0. The smallest absolute Gasteiger partial charge is 0.393 e. The Bertz CT molecular complexity index is 318. The molecule has 0 aromatic carbocycles. The van der Waals surface area contributed by atoms with Crippen LogP contribution >= 0.6 is 0 Å². The topological polar surface area (TPSA) is 35.5 Å². The average Bonchev–Trinajstić information content (AvgIpc) is 2.46. The third-order valence-corrected chi connectivity index (χ3v) is 5.08. The van der Waals surface area contributed by atoms with Crippen LogP contribution in [0.2, 0.25) is 0 Å². The third-order valence-electron chi connectivity index (χ3n) is 5.08. The molecule has 0 aromatic heterocycles. The number of rotatable bonds is 3. The second-order valence-electron chi connectivity index (χ2n) is 6.31. The highest BCUT2D eigenvalue weighted by Gasteiger charge is 2.44. The second kappa shape index (κ2) is 6.20. The van der Waals surface area contributed by atoms with Gasteiger partial charge in [0.2, 0.25) is 0 Å². The Hall–Kier alpha value is -0.330. The first-order chi connectivity index (χ1) is 9.40. The van der Waals surface area contributed by atoms with Gasteiger partial charge < -0.3 is 10.4 Å². The van der Waals surface area contributed by atoms with Crippen molar-refractivity contribution in [2.24, 2.45) is 5.92 Å². The van der Waals surface area contributed by atoms with E-state index in [-0.39, 0.29) is 31.2 Å². The predicted molar refractivity (Wildman–Crippen MR) is 71.5 cm³/mol. The number of aliphatic hydroxyl groups excluding tert-OH is 1. The van der Waals surface area contributed by atoms with Crippen molar-refractivity contribution < 1.29 is 18.3 Å². The molecule has 3 atom stereocenters. The Morgan fingerprint density at radius 2 is 2.05 bits per heavy atom. The highest BCUT2D eigenvalue weighted by Crippen LogP contribution is 2.37. The fourth-order valence-electron chi connectivity index (χ4n) is 3.70. The number of likely N-dealkylation sites (tertiary alicyclic amines) is 1. The predicted octanol–water partition coefficient (Wildman–Crippen LogP) is 2.15. The first kappa shape index (κ1) is 16.0. The van der Waals surface area contributed by atoms with E-state index < -0.39 is 12.1 Å². The van der Waals surface area contributed by atoms with Gasteiger partial charge in [0.25, 0.3) is 0 Å². The zero-order chi connectivity index (χ0) is 14.8. The molecule has 0 amide bonds. The van der Waals surface area contributed by atoms with E-state index in [1.807, 2.05) is 11.9 Å². The van der Waals surface area contributed by atoms with Crippen molar-refractivity contribution in [2.45, 2.75) is 56.3 Å². The summed E-state index contributed by atoms with van der Waals surface area (Å²) >= 11 is 0. The fourth-order valence-corrected chi connectivity index (χ4v) is 3.70. The van der Waals surface area contributed by atoms with Crippen molar-refractivity contribution in [3.63, 3.8) is 0 Å². The number of nitrogens with one attached hydrogen (secondary N) is 1. The van der Waals surface area contributed by atoms with Gasteiger partial charge in [0.05, 0.1) is 12.5 Å². The van der Waals surface area contributed by atoms with Crippen LogP contribution in [0.5, 0.6) is 0 Å². The van der Waals surface area contributed by atoms with Crippen LogP contribution < -0.4 is 5.32 Å². The monoisotopic (exact) mass is 294 g/mol. The summed E-state index contributed by atoms with van der Waals surface area (Å²) in [5.41, 5.74) is -0.311. The zero-order valence-electron chi connectivity index (χ0n) is 12.0. The lowest BCUT2D eigenvalue weighted by molar-refractivity contribution is -0.189. The first-order valence-corrected chi connectivity index (χ1v) is 7.51. The highest BCUT2D eigenvalue weighted by molar-refractivity contribution is 4.96. The van der Waals surface area contributed by atoms with E-state index in [1.54, 1.807) is 0 Å². The number of aliphatic hydroxyl groups is 1. The molecular weight excluding hydrogens is 269 g/mol. The number of hydrogen-bond donors (Lipinski definition) is 2. The summed E-state index contributed by atoms with van der Waals surface area (Å²) in [4.78, 5) is 2.00. The van der Waals surface area contributed by atoms with Gasteiger partial charge in [0, 0.05) is 18.1 Å². The lowest BCUT2D eigenvalue weighted by atomic mass is 9.78. The quantitative estimate of drug-likeness (QED) is 0.837. The molecule has 0 aromatic rings. The molecule has 1 saturated heterocycles. The Morgan fingerprint density at radius 1 is 1.30 bits per heavy atom. The molecule has 1 saturated carbocycles. The minimum Gasteiger partial charge on any atom is -0.394 e. The molecule has 0 radical (unpaired) electrons. The van der Waals surface area contributed by atoms with E-state index in [9.17, 15) is 18.3 Å². The molecule has 20 heavy (non-hydrogen) atoms. The molecule has 6 heteroatoms. The number of nitrogens with zero attached hydrogens (tertiary/aromatic N) is 1. The van der Waals surface area contributed by atoms with E-state index in [0.29, 0.717) is 6.42 Å². The summed E-state index contributed by atoms with van der Waals surface area (Å²) in [6.07, 6.45) is 0.325. The van der Waals surface area contributed by atoms with Gasteiger partial charge in [-0.05, 0) is 52.1 Å². The molecule has 3 unspecified atom stereocenters. The normalized spacial score (nSPS) is 37.0. The van der Waals surface area contributed by atoms with Crippen molar-refractivity contribution in [3.05, 3.63) is 0 Å². The van der Waals surface area contributed by atoms with Gasteiger partial charge in [0.1, 0.15) is 0 Å². The van der Waals surface area contributed by atoms with Crippen LogP contribution in [-0.2, 0) is 0 Å². The van der Waals surface area contributed by atoms with Crippen molar-refractivity contribution in [3.8, 4) is 0 Å². The maximum absolute atomic E-state index is 12.9. The van der Waals surface area contributed by atoms with Crippen molar-refractivity contribution >= 4 is 0 Å². The minimum absolute atomic E-state index is 0.0521. The van der Waals surface area contributed by atoms with E-state index in [0.717, 1.165) is 32.2 Å². The number of alkyl halides is 3.